The molecule has 1 heterocycles. The molecule has 0 bridgehead atoms. The SMILES string of the molecule is CCOc1ccc(CC(=O)NCc2cc3c(C)cc(C)cc3[nH]c2=O)cc1. The van der Waals surface area contributed by atoms with Gasteiger partial charge in [0.2, 0.25) is 5.91 Å². The summed E-state index contributed by atoms with van der Waals surface area (Å²) in [5, 5.41) is 3.83. The average molecular weight is 364 g/mol. The summed E-state index contributed by atoms with van der Waals surface area (Å²) in [5.74, 6) is 0.661. The summed E-state index contributed by atoms with van der Waals surface area (Å²) >= 11 is 0. The molecular weight excluding hydrogens is 340 g/mol. The molecule has 5 heteroatoms. The Balaban J connectivity index is 1.68. The van der Waals surface area contributed by atoms with Gasteiger partial charge in [0.05, 0.1) is 13.0 Å². The first kappa shape index (κ1) is 18.7. The van der Waals surface area contributed by atoms with Crippen LogP contribution in [0.4, 0.5) is 0 Å². The van der Waals surface area contributed by atoms with Crippen LogP contribution in [0.25, 0.3) is 10.9 Å². The molecular formula is C22H24N2O3. The van der Waals surface area contributed by atoms with Crippen LogP contribution in [0, 0.1) is 13.8 Å². The van der Waals surface area contributed by atoms with Crippen molar-refractivity contribution in [2.45, 2.75) is 33.7 Å². The molecule has 0 saturated heterocycles. The molecule has 2 aromatic carbocycles. The average Bonchev–Trinajstić information content (AvgIpc) is 2.62. The predicted octanol–water partition coefficient (Wildman–Crippen LogP) is 3.40. The van der Waals surface area contributed by atoms with Crippen molar-refractivity contribution in [3.63, 3.8) is 0 Å². The minimum absolute atomic E-state index is 0.126. The van der Waals surface area contributed by atoms with E-state index in [0.717, 1.165) is 33.3 Å². The Hall–Kier alpha value is -3.08. The van der Waals surface area contributed by atoms with Gasteiger partial charge in [-0.05, 0) is 61.7 Å². The first-order valence-electron chi connectivity index (χ1n) is 9.08. The van der Waals surface area contributed by atoms with Gasteiger partial charge in [-0.1, -0.05) is 18.2 Å². The monoisotopic (exact) mass is 364 g/mol. The lowest BCUT2D eigenvalue weighted by atomic mass is 10.0. The molecule has 1 aromatic heterocycles. The molecule has 3 aromatic rings. The fraction of sp³-hybridized carbons (Fsp3) is 0.273. The highest BCUT2D eigenvalue weighted by Gasteiger charge is 2.08. The number of pyridine rings is 1. The van der Waals surface area contributed by atoms with Crippen molar-refractivity contribution in [1.29, 1.82) is 0 Å². The highest BCUT2D eigenvalue weighted by atomic mass is 16.5. The maximum atomic E-state index is 12.3. The number of aryl methyl sites for hydroxylation is 2. The molecule has 0 atom stereocenters. The summed E-state index contributed by atoms with van der Waals surface area (Å²) in [6.45, 7) is 6.76. The lowest BCUT2D eigenvalue weighted by Crippen LogP contribution is -2.28. The number of nitrogens with one attached hydrogen (secondary N) is 2. The highest BCUT2D eigenvalue weighted by molar-refractivity contribution is 5.83. The molecule has 0 aliphatic rings. The maximum Gasteiger partial charge on any atom is 0.253 e. The number of ether oxygens (including phenoxy) is 1. The van der Waals surface area contributed by atoms with E-state index < -0.39 is 0 Å². The van der Waals surface area contributed by atoms with Gasteiger partial charge in [-0.2, -0.15) is 0 Å². The topological polar surface area (TPSA) is 71.2 Å². The Morgan fingerprint density at radius 3 is 2.56 bits per heavy atom. The van der Waals surface area contributed by atoms with E-state index in [9.17, 15) is 9.59 Å². The zero-order valence-electron chi connectivity index (χ0n) is 15.9. The molecule has 140 valence electrons. The molecule has 2 N–H and O–H groups in total. The van der Waals surface area contributed by atoms with Crippen LogP contribution in [0.5, 0.6) is 5.75 Å². The Bertz CT molecular complexity index is 1020. The van der Waals surface area contributed by atoms with Gasteiger partial charge in [-0.25, -0.2) is 0 Å². The molecule has 0 unspecified atom stereocenters. The van der Waals surface area contributed by atoms with Crippen molar-refractivity contribution in [1.82, 2.24) is 10.3 Å². The first-order chi connectivity index (χ1) is 13.0. The van der Waals surface area contributed by atoms with Crippen LogP contribution in [0.2, 0.25) is 0 Å². The number of carbonyl (C=O) groups is 1. The van der Waals surface area contributed by atoms with Gasteiger partial charge < -0.3 is 15.0 Å². The summed E-state index contributed by atoms with van der Waals surface area (Å²) in [5.41, 5.74) is 4.30. The van der Waals surface area contributed by atoms with Crippen LogP contribution in [0.3, 0.4) is 0 Å². The second kappa shape index (κ2) is 8.08. The van der Waals surface area contributed by atoms with E-state index in [4.69, 9.17) is 4.74 Å². The largest absolute Gasteiger partial charge is 0.494 e. The Morgan fingerprint density at radius 1 is 1.11 bits per heavy atom. The fourth-order valence-corrected chi connectivity index (χ4v) is 3.16. The molecule has 0 aliphatic carbocycles. The van der Waals surface area contributed by atoms with Gasteiger partial charge in [0.15, 0.2) is 0 Å². The van der Waals surface area contributed by atoms with Crippen LogP contribution >= 0.6 is 0 Å². The minimum Gasteiger partial charge on any atom is -0.494 e. The molecule has 3 rings (SSSR count). The summed E-state index contributed by atoms with van der Waals surface area (Å²) in [6.07, 6.45) is 0.260. The molecule has 0 aliphatic heterocycles. The number of aromatic nitrogens is 1. The summed E-state index contributed by atoms with van der Waals surface area (Å²) in [7, 11) is 0. The van der Waals surface area contributed by atoms with E-state index in [-0.39, 0.29) is 24.4 Å². The molecule has 27 heavy (non-hydrogen) atoms. The second-order valence-corrected chi connectivity index (χ2v) is 6.70. The van der Waals surface area contributed by atoms with Crippen molar-refractivity contribution in [3.05, 3.63) is 75.1 Å². The van der Waals surface area contributed by atoms with Crippen LogP contribution < -0.4 is 15.6 Å². The van der Waals surface area contributed by atoms with Crippen molar-refractivity contribution in [2.24, 2.45) is 0 Å². The third kappa shape index (κ3) is 4.56. The zero-order chi connectivity index (χ0) is 19.4. The van der Waals surface area contributed by atoms with E-state index in [1.54, 1.807) is 0 Å². The van der Waals surface area contributed by atoms with Gasteiger partial charge in [-0.15, -0.1) is 0 Å². The van der Waals surface area contributed by atoms with Crippen LogP contribution in [0.1, 0.15) is 29.2 Å². The third-order valence-electron chi connectivity index (χ3n) is 4.46. The molecule has 0 spiro atoms. The molecule has 1 amide bonds. The number of amides is 1. The van der Waals surface area contributed by atoms with E-state index in [2.05, 4.69) is 16.4 Å². The number of fused-ring (bicyclic) bond motifs is 1. The molecule has 0 radical (unpaired) electrons. The summed E-state index contributed by atoms with van der Waals surface area (Å²) in [4.78, 5) is 27.4. The maximum absolute atomic E-state index is 12.3. The van der Waals surface area contributed by atoms with Crippen LogP contribution in [-0.2, 0) is 17.8 Å². The van der Waals surface area contributed by atoms with Crippen molar-refractivity contribution < 1.29 is 9.53 Å². The number of benzene rings is 2. The zero-order valence-corrected chi connectivity index (χ0v) is 15.9. The number of carbonyl (C=O) groups excluding carboxylic acids is 1. The minimum atomic E-state index is -0.172. The lowest BCUT2D eigenvalue weighted by Gasteiger charge is -2.09. The number of rotatable bonds is 6. The molecule has 5 nitrogen and oxygen atoms in total. The van der Waals surface area contributed by atoms with E-state index >= 15 is 0 Å². The molecule has 0 fully saturated rings. The van der Waals surface area contributed by atoms with Gasteiger partial charge in [0, 0.05) is 23.0 Å². The van der Waals surface area contributed by atoms with Crippen LogP contribution in [0.15, 0.2) is 47.3 Å². The quantitative estimate of drug-likeness (QED) is 0.704. The van der Waals surface area contributed by atoms with Gasteiger partial charge in [0.1, 0.15) is 5.75 Å². The van der Waals surface area contributed by atoms with Crippen molar-refractivity contribution in [2.75, 3.05) is 6.61 Å². The standard InChI is InChI=1S/C22H24N2O3/c1-4-27-18-7-5-16(6-8-18)11-21(25)23-13-17-12-19-15(3)9-14(2)10-20(19)24-22(17)26/h5-10,12H,4,11,13H2,1-3H3,(H,23,25)(H,24,26). The number of hydrogen-bond donors (Lipinski definition) is 2. The first-order valence-corrected chi connectivity index (χ1v) is 9.08. The van der Waals surface area contributed by atoms with E-state index in [1.807, 2.05) is 57.2 Å². The summed E-state index contributed by atoms with van der Waals surface area (Å²) in [6, 6.07) is 13.3. The molecule has 0 saturated carbocycles. The number of hydrogen-bond acceptors (Lipinski definition) is 3. The van der Waals surface area contributed by atoms with Gasteiger partial charge in [0.25, 0.3) is 5.56 Å². The number of H-pyrrole nitrogens is 1. The predicted molar refractivity (Wildman–Crippen MR) is 107 cm³/mol. The van der Waals surface area contributed by atoms with Gasteiger partial charge in [-0.3, -0.25) is 9.59 Å². The van der Waals surface area contributed by atoms with Crippen LogP contribution in [-0.4, -0.2) is 17.5 Å². The highest BCUT2D eigenvalue weighted by Crippen LogP contribution is 2.18. The normalized spacial score (nSPS) is 10.8. The number of aromatic amines is 1. The Labute approximate surface area is 158 Å². The van der Waals surface area contributed by atoms with E-state index in [0.29, 0.717) is 12.2 Å². The second-order valence-electron chi connectivity index (χ2n) is 6.70. The smallest absolute Gasteiger partial charge is 0.253 e. The Morgan fingerprint density at radius 2 is 1.85 bits per heavy atom. The fourth-order valence-electron chi connectivity index (χ4n) is 3.16. The lowest BCUT2D eigenvalue weighted by molar-refractivity contribution is -0.120. The third-order valence-corrected chi connectivity index (χ3v) is 4.46. The van der Waals surface area contributed by atoms with Gasteiger partial charge >= 0.3 is 0 Å². The van der Waals surface area contributed by atoms with Crippen molar-refractivity contribution >= 4 is 16.8 Å². The summed E-state index contributed by atoms with van der Waals surface area (Å²) < 4.78 is 5.40. The Kier molecular flexibility index (Phi) is 5.60. The van der Waals surface area contributed by atoms with Crippen molar-refractivity contribution in [3.8, 4) is 5.75 Å². The van der Waals surface area contributed by atoms with E-state index in [1.165, 1.54) is 0 Å².